The van der Waals surface area contributed by atoms with E-state index < -0.39 is 41.1 Å². The van der Waals surface area contributed by atoms with E-state index in [0.717, 1.165) is 12.8 Å². The molecule has 1 aliphatic heterocycles. The van der Waals surface area contributed by atoms with Gasteiger partial charge in [0.15, 0.2) is 5.78 Å². The molecule has 3 amide bonds. The largest absolute Gasteiger partial charge is 0.449 e. The molecule has 0 spiro atoms. The number of ketones is 1. The Morgan fingerprint density at radius 1 is 1.17 bits per heavy atom. The molecule has 1 aromatic rings. The van der Waals surface area contributed by atoms with Crippen LogP contribution in [0.3, 0.4) is 0 Å². The number of hydrogen-bond donors (Lipinski definition) is 1. The Kier molecular flexibility index (Phi) is 9.03. The van der Waals surface area contributed by atoms with Gasteiger partial charge in [-0.15, -0.1) is 0 Å². The highest BCUT2D eigenvalue weighted by Gasteiger charge is 2.60. The standard InChI is InChI=1S/C26H37FN2O6/c1-7-13-19(30)26(27,21(31)29-23(33)35-16-24(29,4)5)20(18-14-11-10-12-15-18)28-22(32)34-17-25(6,8-2)9-3/h10-12,14-15,20H,7-9,13,16-17H2,1-6H3,(H,28,32)/t20-,26+/m1/s1. The van der Waals surface area contributed by atoms with Gasteiger partial charge < -0.3 is 14.8 Å². The van der Waals surface area contributed by atoms with Gasteiger partial charge in [-0.05, 0) is 38.7 Å². The van der Waals surface area contributed by atoms with Gasteiger partial charge in [-0.1, -0.05) is 58.0 Å². The Hall–Kier alpha value is -2.97. The van der Waals surface area contributed by atoms with E-state index in [2.05, 4.69) is 5.32 Å². The molecule has 0 bridgehead atoms. The first kappa shape index (κ1) is 28.3. The summed E-state index contributed by atoms with van der Waals surface area (Å²) in [5.41, 5.74) is -4.53. The molecule has 194 valence electrons. The summed E-state index contributed by atoms with van der Waals surface area (Å²) in [4.78, 5) is 52.8. The van der Waals surface area contributed by atoms with Crippen molar-refractivity contribution in [1.29, 1.82) is 0 Å². The second-order valence-electron chi connectivity index (χ2n) is 9.97. The number of cyclic esters (lactones) is 1. The van der Waals surface area contributed by atoms with Gasteiger partial charge in [-0.2, -0.15) is 0 Å². The Bertz CT molecular complexity index is 931. The molecule has 0 unspecified atom stereocenters. The number of amides is 3. The highest BCUT2D eigenvalue weighted by atomic mass is 19.1. The lowest BCUT2D eigenvalue weighted by Crippen LogP contribution is -2.62. The first-order chi connectivity index (χ1) is 16.4. The average Bonchev–Trinajstić information content (AvgIpc) is 3.12. The zero-order chi connectivity index (χ0) is 26.4. The zero-order valence-electron chi connectivity index (χ0n) is 21.5. The number of alkyl carbamates (subject to hydrolysis) is 1. The molecule has 1 aromatic carbocycles. The van der Waals surface area contributed by atoms with E-state index in [4.69, 9.17) is 9.47 Å². The van der Waals surface area contributed by atoms with E-state index in [1.807, 2.05) is 20.8 Å². The summed E-state index contributed by atoms with van der Waals surface area (Å²) in [6.45, 7) is 10.6. The predicted octanol–water partition coefficient (Wildman–Crippen LogP) is 5.12. The number of Topliss-reactive ketones (excluding diaryl/α,β-unsaturated/α-hetero) is 1. The van der Waals surface area contributed by atoms with Crippen molar-refractivity contribution < 1.29 is 33.0 Å². The van der Waals surface area contributed by atoms with Crippen molar-refractivity contribution in [3.63, 3.8) is 0 Å². The van der Waals surface area contributed by atoms with Crippen LogP contribution in [0.4, 0.5) is 14.0 Å². The van der Waals surface area contributed by atoms with Crippen molar-refractivity contribution in [2.24, 2.45) is 5.41 Å². The minimum Gasteiger partial charge on any atom is -0.449 e. The van der Waals surface area contributed by atoms with Crippen molar-refractivity contribution >= 4 is 23.9 Å². The molecule has 2 atom stereocenters. The molecule has 1 aliphatic rings. The molecule has 8 nitrogen and oxygen atoms in total. The Balaban J connectivity index is 2.53. The molecule has 0 aliphatic carbocycles. The summed E-state index contributed by atoms with van der Waals surface area (Å²) in [7, 11) is 0. The zero-order valence-corrected chi connectivity index (χ0v) is 21.5. The number of carbonyl (C=O) groups is 4. The highest BCUT2D eigenvalue weighted by molar-refractivity contribution is 6.14. The van der Waals surface area contributed by atoms with Gasteiger partial charge in [0.1, 0.15) is 12.6 Å². The van der Waals surface area contributed by atoms with Crippen LogP contribution in [0.2, 0.25) is 0 Å². The molecular weight excluding hydrogens is 455 g/mol. The fourth-order valence-corrected chi connectivity index (χ4v) is 3.86. The van der Waals surface area contributed by atoms with E-state index in [1.54, 1.807) is 25.1 Å². The van der Waals surface area contributed by atoms with Gasteiger partial charge in [0.2, 0.25) is 0 Å². The molecule has 1 fully saturated rings. The lowest BCUT2D eigenvalue weighted by molar-refractivity contribution is -0.154. The van der Waals surface area contributed by atoms with Crippen molar-refractivity contribution in [2.75, 3.05) is 13.2 Å². The van der Waals surface area contributed by atoms with Crippen LogP contribution in [0.25, 0.3) is 0 Å². The summed E-state index contributed by atoms with van der Waals surface area (Å²) in [5, 5.41) is 2.42. The number of hydrogen-bond acceptors (Lipinski definition) is 6. The van der Waals surface area contributed by atoms with Crippen LogP contribution >= 0.6 is 0 Å². The molecule has 0 saturated carbocycles. The Morgan fingerprint density at radius 3 is 2.26 bits per heavy atom. The predicted molar refractivity (Wildman–Crippen MR) is 128 cm³/mol. The molecule has 1 N–H and O–H groups in total. The number of nitrogens with zero attached hydrogens (tertiary/aromatic N) is 1. The third-order valence-corrected chi connectivity index (χ3v) is 6.79. The summed E-state index contributed by atoms with van der Waals surface area (Å²) in [6.07, 6.45) is -0.494. The third-order valence-electron chi connectivity index (χ3n) is 6.79. The number of benzene rings is 1. The van der Waals surface area contributed by atoms with Crippen molar-refractivity contribution in [3.8, 4) is 0 Å². The van der Waals surface area contributed by atoms with Gasteiger partial charge in [-0.25, -0.2) is 18.9 Å². The second kappa shape index (κ2) is 11.2. The van der Waals surface area contributed by atoms with Crippen LogP contribution in [-0.2, 0) is 19.1 Å². The molecular formula is C26H37FN2O6. The number of halogens is 1. The molecule has 9 heteroatoms. The molecule has 0 aromatic heterocycles. The minimum atomic E-state index is -3.27. The Labute approximate surface area is 206 Å². The SMILES string of the molecule is CCCC(=O)[C@@](F)(C(=O)N1C(=O)OCC1(C)C)[C@H](NC(=O)OCC(C)(CC)CC)c1ccccc1. The number of alkyl halides is 1. The molecule has 0 radical (unpaired) electrons. The van der Waals surface area contributed by atoms with Crippen molar-refractivity contribution in [1.82, 2.24) is 10.2 Å². The van der Waals surface area contributed by atoms with Gasteiger partial charge in [0.05, 0.1) is 12.1 Å². The van der Waals surface area contributed by atoms with Gasteiger partial charge in [0.25, 0.3) is 11.6 Å². The maximum atomic E-state index is 17.0. The topological polar surface area (TPSA) is 102 Å². The fourth-order valence-electron chi connectivity index (χ4n) is 3.86. The van der Waals surface area contributed by atoms with Crippen LogP contribution in [0.1, 0.15) is 78.8 Å². The first-order valence-corrected chi connectivity index (χ1v) is 12.1. The first-order valence-electron chi connectivity index (χ1n) is 12.1. The smallest absolute Gasteiger partial charge is 0.417 e. The minimum absolute atomic E-state index is 0.0783. The number of imide groups is 1. The highest BCUT2D eigenvalue weighted by Crippen LogP contribution is 2.38. The summed E-state index contributed by atoms with van der Waals surface area (Å²) >= 11 is 0. The van der Waals surface area contributed by atoms with Gasteiger partial charge in [-0.3, -0.25) is 9.59 Å². The third kappa shape index (κ3) is 6.00. The average molecular weight is 493 g/mol. The Morgan fingerprint density at radius 2 is 1.77 bits per heavy atom. The van der Waals surface area contributed by atoms with E-state index in [9.17, 15) is 19.2 Å². The maximum Gasteiger partial charge on any atom is 0.417 e. The molecule has 1 heterocycles. The normalized spacial score (nSPS) is 17.8. The summed E-state index contributed by atoms with van der Waals surface area (Å²) in [5.74, 6) is -2.41. The number of carbonyl (C=O) groups excluding carboxylic acids is 4. The second-order valence-corrected chi connectivity index (χ2v) is 9.97. The van der Waals surface area contributed by atoms with Gasteiger partial charge in [0, 0.05) is 11.8 Å². The van der Waals surface area contributed by atoms with Crippen LogP contribution < -0.4 is 5.32 Å². The lowest BCUT2D eigenvalue weighted by atomic mass is 9.82. The van der Waals surface area contributed by atoms with Crippen molar-refractivity contribution in [3.05, 3.63) is 35.9 Å². The van der Waals surface area contributed by atoms with Crippen LogP contribution in [0.5, 0.6) is 0 Å². The molecule has 1 saturated heterocycles. The lowest BCUT2D eigenvalue weighted by Gasteiger charge is -2.37. The van der Waals surface area contributed by atoms with Crippen LogP contribution in [0, 0.1) is 5.41 Å². The van der Waals surface area contributed by atoms with E-state index >= 15 is 4.39 Å². The fraction of sp³-hybridized carbons (Fsp3) is 0.615. The van der Waals surface area contributed by atoms with E-state index in [-0.39, 0.29) is 37.0 Å². The maximum absolute atomic E-state index is 17.0. The summed E-state index contributed by atoms with van der Waals surface area (Å²) in [6, 6.07) is 6.17. The quantitative estimate of drug-likeness (QED) is 0.431. The van der Waals surface area contributed by atoms with Gasteiger partial charge >= 0.3 is 12.2 Å². The monoisotopic (exact) mass is 492 g/mol. The number of ether oxygens (including phenoxy) is 2. The summed E-state index contributed by atoms with van der Waals surface area (Å²) < 4.78 is 27.4. The molecule has 2 rings (SSSR count). The van der Waals surface area contributed by atoms with Crippen molar-refractivity contribution in [2.45, 2.75) is 84.5 Å². The number of nitrogens with one attached hydrogen (secondary N) is 1. The van der Waals surface area contributed by atoms with Crippen LogP contribution in [0.15, 0.2) is 30.3 Å². The van der Waals surface area contributed by atoms with Crippen LogP contribution in [-0.4, -0.2) is 53.2 Å². The molecule has 35 heavy (non-hydrogen) atoms. The van der Waals surface area contributed by atoms with E-state index in [1.165, 1.54) is 26.0 Å². The number of rotatable bonds is 11. The van der Waals surface area contributed by atoms with E-state index in [0.29, 0.717) is 4.90 Å².